The molecule has 0 spiro atoms. The lowest BCUT2D eigenvalue weighted by molar-refractivity contribution is -0.114. The van der Waals surface area contributed by atoms with E-state index in [0.29, 0.717) is 17.0 Å². The molecular formula is C21H19N5O2S. The van der Waals surface area contributed by atoms with Crippen LogP contribution in [0, 0.1) is 0 Å². The Hall–Kier alpha value is -3.39. The van der Waals surface area contributed by atoms with E-state index >= 15 is 0 Å². The number of allylic oxidation sites excluding steroid dienone is 1. The number of carbonyl (C=O) groups excluding carboxylic acids is 2. The van der Waals surface area contributed by atoms with Crippen LogP contribution in [0.25, 0.3) is 0 Å². The van der Waals surface area contributed by atoms with Crippen LogP contribution in [-0.4, -0.2) is 31.6 Å². The molecule has 29 heavy (non-hydrogen) atoms. The van der Waals surface area contributed by atoms with Crippen molar-refractivity contribution in [2.24, 2.45) is 5.73 Å². The van der Waals surface area contributed by atoms with Gasteiger partial charge in [0.2, 0.25) is 5.78 Å². The molecule has 7 nitrogen and oxygen atoms in total. The predicted molar refractivity (Wildman–Crippen MR) is 110 cm³/mol. The van der Waals surface area contributed by atoms with E-state index in [9.17, 15) is 9.59 Å². The van der Waals surface area contributed by atoms with Crippen LogP contribution in [-0.2, 0) is 11.3 Å². The van der Waals surface area contributed by atoms with Crippen LogP contribution in [0.15, 0.2) is 77.5 Å². The Labute approximate surface area is 172 Å². The Morgan fingerprint density at radius 2 is 1.72 bits per heavy atom. The van der Waals surface area contributed by atoms with Crippen molar-refractivity contribution in [3.8, 4) is 0 Å². The second-order valence-corrected chi connectivity index (χ2v) is 7.68. The minimum Gasteiger partial charge on any atom is -0.365 e. The standard InChI is InChI=1S/C21H19N5O2S/c1-14-19(20(22)28)29-21(25(14)12-15-8-4-2-5-9-15)26-13-17(23-24-26)18(27)16-10-6-3-7-11-16/h2-11,13,21H,12H2,1H3,(H2,22,28). The van der Waals surface area contributed by atoms with E-state index < -0.39 is 5.91 Å². The second kappa shape index (κ2) is 7.92. The molecule has 2 N–H and O–H groups in total. The molecule has 1 amide bonds. The van der Waals surface area contributed by atoms with Gasteiger partial charge in [0.25, 0.3) is 5.91 Å². The molecule has 0 radical (unpaired) electrons. The van der Waals surface area contributed by atoms with E-state index in [-0.39, 0.29) is 17.0 Å². The van der Waals surface area contributed by atoms with Crippen LogP contribution < -0.4 is 5.73 Å². The summed E-state index contributed by atoms with van der Waals surface area (Å²) in [6, 6.07) is 18.9. The van der Waals surface area contributed by atoms with Gasteiger partial charge in [-0.3, -0.25) is 9.59 Å². The van der Waals surface area contributed by atoms with Gasteiger partial charge >= 0.3 is 0 Å². The highest BCUT2D eigenvalue weighted by Gasteiger charge is 2.35. The molecule has 0 saturated carbocycles. The Kier molecular flexibility index (Phi) is 5.18. The lowest BCUT2D eigenvalue weighted by Gasteiger charge is -2.27. The number of carbonyl (C=O) groups is 2. The van der Waals surface area contributed by atoms with E-state index in [1.54, 1.807) is 35.1 Å². The van der Waals surface area contributed by atoms with Gasteiger partial charge in [-0.15, -0.1) is 5.10 Å². The summed E-state index contributed by atoms with van der Waals surface area (Å²) in [7, 11) is 0. The fourth-order valence-electron chi connectivity index (χ4n) is 3.19. The first-order chi connectivity index (χ1) is 14.0. The third-order valence-corrected chi connectivity index (χ3v) is 6.09. The maximum atomic E-state index is 12.7. The maximum Gasteiger partial charge on any atom is 0.257 e. The van der Waals surface area contributed by atoms with Crippen molar-refractivity contribution in [2.45, 2.75) is 19.0 Å². The number of hydrogen-bond acceptors (Lipinski definition) is 6. The summed E-state index contributed by atoms with van der Waals surface area (Å²) >= 11 is 1.31. The fraction of sp³-hybridized carbons (Fsp3) is 0.143. The maximum absolute atomic E-state index is 12.7. The van der Waals surface area contributed by atoms with E-state index in [1.807, 2.05) is 48.2 Å². The van der Waals surface area contributed by atoms with Gasteiger partial charge in [-0.1, -0.05) is 77.6 Å². The van der Waals surface area contributed by atoms with Crippen LogP contribution in [0.4, 0.5) is 0 Å². The topological polar surface area (TPSA) is 94.1 Å². The van der Waals surface area contributed by atoms with E-state index in [4.69, 9.17) is 5.73 Å². The van der Waals surface area contributed by atoms with Gasteiger partial charge in [-0.25, -0.2) is 4.68 Å². The van der Waals surface area contributed by atoms with Gasteiger partial charge in [0.1, 0.15) is 0 Å². The molecular weight excluding hydrogens is 386 g/mol. The van der Waals surface area contributed by atoms with Crippen molar-refractivity contribution >= 4 is 23.5 Å². The predicted octanol–water partition coefficient (Wildman–Crippen LogP) is 2.93. The zero-order valence-corrected chi connectivity index (χ0v) is 16.5. The molecule has 4 rings (SSSR count). The van der Waals surface area contributed by atoms with Crippen LogP contribution in [0.3, 0.4) is 0 Å². The zero-order chi connectivity index (χ0) is 20.4. The summed E-state index contributed by atoms with van der Waals surface area (Å²) in [5.74, 6) is -0.678. The summed E-state index contributed by atoms with van der Waals surface area (Å²) in [4.78, 5) is 27.1. The number of benzene rings is 2. The lowest BCUT2D eigenvalue weighted by Crippen LogP contribution is -2.26. The van der Waals surface area contributed by atoms with Gasteiger partial charge in [0.05, 0.1) is 11.1 Å². The molecule has 2 heterocycles. The van der Waals surface area contributed by atoms with E-state index in [1.165, 1.54) is 11.8 Å². The minimum absolute atomic E-state index is 0.200. The average molecular weight is 405 g/mol. The van der Waals surface area contributed by atoms with Gasteiger partial charge in [0.15, 0.2) is 11.2 Å². The largest absolute Gasteiger partial charge is 0.365 e. The van der Waals surface area contributed by atoms with Crippen molar-refractivity contribution in [2.75, 3.05) is 0 Å². The van der Waals surface area contributed by atoms with Crippen LogP contribution in [0.2, 0.25) is 0 Å². The summed E-state index contributed by atoms with van der Waals surface area (Å²) in [6.45, 7) is 2.44. The number of ketones is 1. The highest BCUT2D eigenvalue weighted by Crippen LogP contribution is 2.44. The van der Waals surface area contributed by atoms with Gasteiger partial charge in [-0.2, -0.15) is 0 Å². The van der Waals surface area contributed by atoms with Gasteiger partial charge in [0, 0.05) is 17.8 Å². The minimum atomic E-state index is -0.478. The third kappa shape index (κ3) is 3.79. The second-order valence-electron chi connectivity index (χ2n) is 6.62. The van der Waals surface area contributed by atoms with Crippen molar-refractivity contribution in [3.63, 3.8) is 0 Å². The number of nitrogens with two attached hydrogens (primary N) is 1. The molecule has 8 heteroatoms. The molecule has 3 aromatic rings. The molecule has 1 atom stereocenters. The monoisotopic (exact) mass is 405 g/mol. The molecule has 1 aromatic heterocycles. The summed E-state index contributed by atoms with van der Waals surface area (Å²) in [6.07, 6.45) is 1.61. The number of nitrogens with zero attached hydrogens (tertiary/aromatic N) is 4. The SMILES string of the molecule is CC1=C(C(N)=O)SC(n2cc(C(=O)c3ccccc3)nn2)N1Cc1ccccc1. The molecule has 146 valence electrons. The first kappa shape index (κ1) is 18.9. The Balaban J connectivity index is 1.63. The molecule has 1 aliphatic rings. The van der Waals surface area contributed by atoms with E-state index in [0.717, 1.165) is 11.3 Å². The quantitative estimate of drug-likeness (QED) is 0.634. The van der Waals surface area contributed by atoms with Gasteiger partial charge in [-0.05, 0) is 12.5 Å². The van der Waals surface area contributed by atoms with Crippen molar-refractivity contribution in [1.29, 1.82) is 0 Å². The number of hydrogen-bond donors (Lipinski definition) is 1. The smallest absolute Gasteiger partial charge is 0.257 e. The molecule has 2 aromatic carbocycles. The van der Waals surface area contributed by atoms with Crippen LogP contribution in [0.5, 0.6) is 0 Å². The number of primary amides is 1. The van der Waals surface area contributed by atoms with Crippen molar-refractivity contribution < 1.29 is 9.59 Å². The summed E-state index contributed by atoms with van der Waals surface area (Å²) < 4.78 is 1.60. The van der Waals surface area contributed by atoms with Crippen molar-refractivity contribution in [1.82, 2.24) is 19.9 Å². The average Bonchev–Trinajstić information content (AvgIpc) is 3.34. The van der Waals surface area contributed by atoms with Crippen LogP contribution >= 0.6 is 11.8 Å². The molecule has 0 bridgehead atoms. The highest BCUT2D eigenvalue weighted by molar-refractivity contribution is 8.04. The normalized spacial score (nSPS) is 16.3. The van der Waals surface area contributed by atoms with E-state index in [2.05, 4.69) is 10.3 Å². The molecule has 0 saturated heterocycles. The number of rotatable bonds is 6. The highest BCUT2D eigenvalue weighted by atomic mass is 32.2. The molecule has 0 aliphatic carbocycles. The summed E-state index contributed by atoms with van der Waals surface area (Å²) in [5.41, 5.74) is 7.88. The Morgan fingerprint density at radius 1 is 1.07 bits per heavy atom. The van der Waals surface area contributed by atoms with Crippen molar-refractivity contribution in [3.05, 3.63) is 94.3 Å². The fourth-order valence-corrected chi connectivity index (χ4v) is 4.37. The Bertz CT molecular complexity index is 1080. The number of amides is 1. The molecule has 1 aliphatic heterocycles. The molecule has 0 fully saturated rings. The van der Waals surface area contributed by atoms with Crippen LogP contribution in [0.1, 0.15) is 34.0 Å². The van der Waals surface area contributed by atoms with Gasteiger partial charge < -0.3 is 10.6 Å². The zero-order valence-electron chi connectivity index (χ0n) is 15.7. The number of thioether (sulfide) groups is 1. The molecule has 1 unspecified atom stereocenters. The summed E-state index contributed by atoms with van der Waals surface area (Å²) in [5, 5.41) is 8.23. The first-order valence-electron chi connectivity index (χ1n) is 9.04. The first-order valence-corrected chi connectivity index (χ1v) is 9.92. The lowest BCUT2D eigenvalue weighted by atomic mass is 10.1. The third-order valence-electron chi connectivity index (χ3n) is 4.67. The Morgan fingerprint density at radius 3 is 2.38 bits per heavy atom. The number of aromatic nitrogens is 3.